The first-order valence-corrected chi connectivity index (χ1v) is 7.49. The highest BCUT2D eigenvalue weighted by atomic mass is 19.1. The van der Waals surface area contributed by atoms with E-state index in [1.807, 2.05) is 20.8 Å². The molecule has 0 saturated heterocycles. The smallest absolute Gasteiger partial charge is 0.315 e. The lowest BCUT2D eigenvalue weighted by Crippen LogP contribution is -2.46. The Labute approximate surface area is 135 Å². The van der Waals surface area contributed by atoms with Gasteiger partial charge in [0.2, 0.25) is 0 Å². The number of halogens is 1. The van der Waals surface area contributed by atoms with Crippen molar-refractivity contribution < 1.29 is 9.18 Å². The van der Waals surface area contributed by atoms with E-state index in [9.17, 15) is 9.18 Å². The lowest BCUT2D eigenvalue weighted by Gasteiger charge is -2.26. The molecule has 2 amide bonds. The number of carbonyl (C=O) groups excluding carboxylic acids is 1. The number of nitrogens with zero attached hydrogens (tertiary/aromatic N) is 3. The van der Waals surface area contributed by atoms with Gasteiger partial charge >= 0.3 is 6.03 Å². The van der Waals surface area contributed by atoms with Crippen molar-refractivity contribution in [3.63, 3.8) is 0 Å². The van der Waals surface area contributed by atoms with Crippen LogP contribution in [0.15, 0.2) is 36.9 Å². The fraction of sp³-hybridized carbons (Fsp3) is 0.438. The van der Waals surface area contributed by atoms with Crippen LogP contribution in [0.25, 0.3) is 0 Å². The summed E-state index contributed by atoms with van der Waals surface area (Å²) >= 11 is 0. The summed E-state index contributed by atoms with van der Waals surface area (Å²) < 4.78 is 14.7. The van der Waals surface area contributed by atoms with Crippen LogP contribution >= 0.6 is 0 Å². The second-order valence-electron chi connectivity index (χ2n) is 6.24. The van der Waals surface area contributed by atoms with E-state index in [4.69, 9.17) is 0 Å². The van der Waals surface area contributed by atoms with Crippen LogP contribution in [0.1, 0.15) is 26.3 Å². The number of nitrogens with one attached hydrogen (secondary N) is 2. The number of urea groups is 1. The molecular formula is C16H22FN5O. The third-order valence-corrected chi connectivity index (χ3v) is 3.62. The van der Waals surface area contributed by atoms with Crippen LogP contribution < -0.4 is 10.6 Å². The number of aromatic nitrogens is 3. The molecule has 2 rings (SSSR count). The fourth-order valence-electron chi connectivity index (χ4n) is 2.23. The third kappa shape index (κ3) is 5.05. The summed E-state index contributed by atoms with van der Waals surface area (Å²) in [5.41, 5.74) is 0.676. The molecule has 6 nitrogen and oxygen atoms in total. The largest absolute Gasteiger partial charge is 0.337 e. The topological polar surface area (TPSA) is 71.8 Å². The minimum absolute atomic E-state index is 0.0781. The second kappa shape index (κ2) is 7.21. The maximum Gasteiger partial charge on any atom is 0.315 e. The molecule has 2 N–H and O–H groups in total. The molecule has 124 valence electrons. The molecule has 7 heteroatoms. The van der Waals surface area contributed by atoms with Crippen LogP contribution in [-0.2, 0) is 12.0 Å². The van der Waals surface area contributed by atoms with Crippen molar-refractivity contribution in [2.45, 2.75) is 38.8 Å². The Morgan fingerprint density at radius 3 is 2.65 bits per heavy atom. The van der Waals surface area contributed by atoms with Crippen LogP contribution in [-0.4, -0.2) is 33.4 Å². The van der Waals surface area contributed by atoms with Crippen molar-refractivity contribution in [1.82, 2.24) is 25.4 Å². The van der Waals surface area contributed by atoms with Gasteiger partial charge in [-0.15, -0.1) is 0 Å². The van der Waals surface area contributed by atoms with E-state index in [1.165, 1.54) is 18.5 Å². The number of rotatable bonds is 6. The lowest BCUT2D eigenvalue weighted by molar-refractivity contribution is 0.233. The van der Waals surface area contributed by atoms with Crippen LogP contribution in [0.4, 0.5) is 9.18 Å². The summed E-state index contributed by atoms with van der Waals surface area (Å²) in [5.74, 6) is -0.266. The minimum atomic E-state index is -0.291. The highest BCUT2D eigenvalue weighted by Gasteiger charge is 2.21. The molecule has 2 aromatic rings. The summed E-state index contributed by atoms with van der Waals surface area (Å²) in [6.07, 6.45) is 3.06. The van der Waals surface area contributed by atoms with Gasteiger partial charge < -0.3 is 10.6 Å². The first-order chi connectivity index (χ1) is 10.9. The zero-order chi connectivity index (χ0) is 16.9. The summed E-state index contributed by atoms with van der Waals surface area (Å²) in [6, 6.07) is 6.01. The van der Waals surface area contributed by atoms with E-state index < -0.39 is 0 Å². The zero-order valence-corrected chi connectivity index (χ0v) is 13.6. The molecule has 0 bridgehead atoms. The summed E-state index contributed by atoms with van der Waals surface area (Å²) in [4.78, 5) is 15.8. The maximum atomic E-state index is 13.0. The monoisotopic (exact) mass is 319 g/mol. The van der Waals surface area contributed by atoms with Gasteiger partial charge in [0.05, 0.1) is 6.54 Å². The Morgan fingerprint density at radius 2 is 2.04 bits per heavy atom. The standard InChI is InChI=1S/C16H22FN5O/c1-12(8-22-11-18-10-20-22)21-15(23)19-9-16(2,3)13-4-6-14(17)7-5-13/h4-7,10-12H,8-9H2,1-3H3,(H2,19,21,23). The van der Waals surface area contributed by atoms with Gasteiger partial charge in [-0.05, 0) is 24.6 Å². The maximum absolute atomic E-state index is 13.0. The van der Waals surface area contributed by atoms with Crippen molar-refractivity contribution >= 4 is 6.03 Å². The summed E-state index contributed by atoms with van der Waals surface area (Å²) in [5, 5.41) is 9.71. The van der Waals surface area contributed by atoms with Gasteiger partial charge in [-0.1, -0.05) is 26.0 Å². The van der Waals surface area contributed by atoms with E-state index in [0.717, 1.165) is 5.56 Å². The van der Waals surface area contributed by atoms with E-state index in [0.29, 0.717) is 13.1 Å². The van der Waals surface area contributed by atoms with Crippen molar-refractivity contribution in [3.8, 4) is 0 Å². The lowest BCUT2D eigenvalue weighted by atomic mass is 9.84. The van der Waals surface area contributed by atoms with Crippen LogP contribution in [0.3, 0.4) is 0 Å². The Balaban J connectivity index is 1.82. The van der Waals surface area contributed by atoms with Crippen molar-refractivity contribution in [3.05, 3.63) is 48.3 Å². The first kappa shape index (κ1) is 16.9. The van der Waals surface area contributed by atoms with Gasteiger partial charge in [0.25, 0.3) is 0 Å². The molecule has 1 heterocycles. The third-order valence-electron chi connectivity index (χ3n) is 3.62. The Kier molecular flexibility index (Phi) is 5.31. The number of carbonyl (C=O) groups is 1. The van der Waals surface area contributed by atoms with Gasteiger partial charge in [-0.2, -0.15) is 5.10 Å². The molecule has 0 aliphatic heterocycles. The van der Waals surface area contributed by atoms with Crippen LogP contribution in [0.2, 0.25) is 0 Å². The van der Waals surface area contributed by atoms with E-state index in [2.05, 4.69) is 20.7 Å². The zero-order valence-electron chi connectivity index (χ0n) is 13.6. The van der Waals surface area contributed by atoms with E-state index in [1.54, 1.807) is 23.1 Å². The molecule has 0 aliphatic carbocycles. The van der Waals surface area contributed by atoms with Gasteiger partial charge in [-0.25, -0.2) is 14.2 Å². The molecule has 0 fully saturated rings. The fourth-order valence-corrected chi connectivity index (χ4v) is 2.23. The molecule has 1 unspecified atom stereocenters. The Hall–Kier alpha value is -2.44. The highest BCUT2D eigenvalue weighted by Crippen LogP contribution is 2.22. The second-order valence-corrected chi connectivity index (χ2v) is 6.24. The molecule has 0 radical (unpaired) electrons. The molecule has 0 spiro atoms. The molecule has 0 saturated carbocycles. The molecule has 1 atom stereocenters. The highest BCUT2D eigenvalue weighted by molar-refractivity contribution is 5.74. The van der Waals surface area contributed by atoms with Crippen molar-refractivity contribution in [1.29, 1.82) is 0 Å². The predicted molar refractivity (Wildman–Crippen MR) is 85.4 cm³/mol. The number of amides is 2. The average Bonchev–Trinajstić information content (AvgIpc) is 2.98. The van der Waals surface area contributed by atoms with Gasteiger partial charge in [0.15, 0.2) is 0 Å². The molecule has 23 heavy (non-hydrogen) atoms. The van der Waals surface area contributed by atoms with Gasteiger partial charge in [-0.3, -0.25) is 4.68 Å². The summed E-state index contributed by atoms with van der Waals surface area (Å²) in [7, 11) is 0. The average molecular weight is 319 g/mol. The molecule has 0 aliphatic rings. The summed E-state index contributed by atoms with van der Waals surface area (Å²) in [6.45, 7) is 6.89. The molecule has 1 aromatic heterocycles. The van der Waals surface area contributed by atoms with E-state index >= 15 is 0 Å². The molecular weight excluding hydrogens is 297 g/mol. The minimum Gasteiger partial charge on any atom is -0.337 e. The first-order valence-electron chi connectivity index (χ1n) is 7.49. The predicted octanol–water partition coefficient (Wildman–Crippen LogP) is 2.08. The van der Waals surface area contributed by atoms with Crippen LogP contribution in [0, 0.1) is 5.82 Å². The van der Waals surface area contributed by atoms with Gasteiger partial charge in [0, 0.05) is 18.0 Å². The number of hydrogen-bond acceptors (Lipinski definition) is 3. The number of benzene rings is 1. The normalized spacial score (nSPS) is 12.7. The quantitative estimate of drug-likeness (QED) is 0.856. The van der Waals surface area contributed by atoms with Crippen molar-refractivity contribution in [2.75, 3.05) is 6.54 Å². The van der Waals surface area contributed by atoms with E-state index in [-0.39, 0.29) is 23.3 Å². The molecule has 1 aromatic carbocycles. The van der Waals surface area contributed by atoms with Crippen LogP contribution in [0.5, 0.6) is 0 Å². The SMILES string of the molecule is CC(Cn1cncn1)NC(=O)NCC(C)(C)c1ccc(F)cc1. The Bertz CT molecular complexity index is 624. The van der Waals surface area contributed by atoms with Gasteiger partial charge in [0.1, 0.15) is 18.5 Å². The van der Waals surface area contributed by atoms with Crippen molar-refractivity contribution in [2.24, 2.45) is 0 Å². The number of hydrogen-bond donors (Lipinski definition) is 2. The Morgan fingerprint density at radius 1 is 1.35 bits per heavy atom.